The van der Waals surface area contributed by atoms with Crippen LogP contribution in [0.15, 0.2) is 0 Å². The Kier molecular flexibility index (Phi) is 9.34. The molecule has 1 rings (SSSR count). The summed E-state index contributed by atoms with van der Waals surface area (Å²) >= 11 is 0. The maximum atomic E-state index is 11.5. The monoisotopic (exact) mass is 486 g/mol. The van der Waals surface area contributed by atoms with E-state index in [2.05, 4.69) is 14.2 Å². The molecule has 0 bridgehead atoms. The molecule has 1 aromatic carbocycles. The van der Waals surface area contributed by atoms with Crippen molar-refractivity contribution in [1.29, 1.82) is 0 Å². The second-order valence-corrected chi connectivity index (χ2v) is 10.7. The van der Waals surface area contributed by atoms with Crippen LogP contribution >= 0.6 is 0 Å². The molecule has 1 aromatic rings. The number of hydrogen-bond acceptors (Lipinski definition) is 6. The fourth-order valence-corrected chi connectivity index (χ4v) is 4.57. The quantitative estimate of drug-likeness (QED) is 0.201. The summed E-state index contributed by atoms with van der Waals surface area (Å²) in [5, 5.41) is 15.2. The van der Waals surface area contributed by atoms with E-state index in [1.165, 1.54) is 0 Å². The Morgan fingerprint density at radius 3 is 0.833 bits per heavy atom. The van der Waals surface area contributed by atoms with Gasteiger partial charge in [-0.25, -0.2) is 15.4 Å². The van der Waals surface area contributed by atoms with Crippen molar-refractivity contribution in [2.45, 2.75) is 59.7 Å². The Bertz CT molecular complexity index is 925. The first kappa shape index (κ1) is 26.9. The van der Waals surface area contributed by atoms with E-state index in [1.54, 1.807) is 0 Å². The molecule has 0 saturated carbocycles. The molecule has 0 amide bonds. The van der Waals surface area contributed by atoms with Gasteiger partial charge in [0.15, 0.2) is 0 Å². The fourth-order valence-electron chi connectivity index (χ4n) is 3.53. The SMILES string of the molecule is CCc1c(CNS(N)(=O)=O)c(CC)c(CNS(N)(=O)=O)c(CC)c1CNS(N)(=O)=O. The smallest absolute Gasteiger partial charge is 0.216 e. The normalized spacial score (nSPS) is 13.0. The highest BCUT2D eigenvalue weighted by molar-refractivity contribution is 7.87. The molecule has 15 heteroatoms. The predicted octanol–water partition coefficient (Wildman–Crippen LogP) is -1.75. The van der Waals surface area contributed by atoms with Crippen LogP contribution in [0.2, 0.25) is 0 Å². The lowest BCUT2D eigenvalue weighted by Crippen LogP contribution is -2.34. The third kappa shape index (κ3) is 8.16. The van der Waals surface area contributed by atoms with Gasteiger partial charge in [-0.2, -0.15) is 39.4 Å². The van der Waals surface area contributed by atoms with Crippen LogP contribution < -0.4 is 29.6 Å². The summed E-state index contributed by atoms with van der Waals surface area (Å²) in [7, 11) is -12.0. The molecule has 0 heterocycles. The Hall–Kier alpha value is -1.17. The largest absolute Gasteiger partial charge is 0.274 e. The summed E-state index contributed by atoms with van der Waals surface area (Å²) in [5.74, 6) is 0. The molecule has 30 heavy (non-hydrogen) atoms. The van der Waals surface area contributed by atoms with Gasteiger partial charge in [-0.1, -0.05) is 20.8 Å². The zero-order valence-electron chi connectivity index (χ0n) is 17.1. The summed E-state index contributed by atoms with van der Waals surface area (Å²) in [4.78, 5) is 0. The topological polar surface area (TPSA) is 217 Å². The first-order valence-electron chi connectivity index (χ1n) is 9.12. The minimum absolute atomic E-state index is 0.139. The van der Waals surface area contributed by atoms with Gasteiger partial charge in [0.1, 0.15) is 0 Å². The number of hydrogen-bond donors (Lipinski definition) is 6. The van der Waals surface area contributed by atoms with Gasteiger partial charge in [-0.15, -0.1) is 0 Å². The molecule has 0 unspecified atom stereocenters. The lowest BCUT2D eigenvalue weighted by Gasteiger charge is -2.26. The van der Waals surface area contributed by atoms with Gasteiger partial charge in [0.2, 0.25) is 0 Å². The van der Waals surface area contributed by atoms with Crippen LogP contribution in [-0.4, -0.2) is 25.3 Å². The Balaban J connectivity index is 3.81. The number of benzene rings is 1. The molecule has 0 aliphatic heterocycles. The second-order valence-electron chi connectivity index (χ2n) is 6.53. The number of nitrogens with one attached hydrogen (secondary N) is 3. The summed E-state index contributed by atoms with van der Waals surface area (Å²) in [6.45, 7) is 5.12. The third-order valence-corrected chi connectivity index (χ3v) is 6.24. The Labute approximate surface area is 178 Å². The van der Waals surface area contributed by atoms with Crippen molar-refractivity contribution in [2.75, 3.05) is 0 Å². The first-order chi connectivity index (χ1) is 13.6. The highest BCUT2D eigenvalue weighted by Crippen LogP contribution is 2.31. The van der Waals surface area contributed by atoms with Crippen LogP contribution in [0.5, 0.6) is 0 Å². The van der Waals surface area contributed by atoms with Gasteiger partial charge in [-0.3, -0.25) is 0 Å². The maximum absolute atomic E-state index is 11.5. The van der Waals surface area contributed by atoms with Crippen molar-refractivity contribution in [2.24, 2.45) is 15.4 Å². The zero-order valence-corrected chi connectivity index (χ0v) is 19.6. The molecular formula is C15H30N6O6S3. The molecule has 174 valence electrons. The number of nitrogens with two attached hydrogens (primary N) is 3. The number of rotatable bonds is 12. The lowest BCUT2D eigenvalue weighted by molar-refractivity contribution is 0.582. The average molecular weight is 487 g/mol. The average Bonchev–Trinajstić information content (AvgIpc) is 2.59. The van der Waals surface area contributed by atoms with Gasteiger partial charge in [0.25, 0.3) is 30.6 Å². The minimum atomic E-state index is -4.00. The van der Waals surface area contributed by atoms with Crippen LogP contribution in [0.1, 0.15) is 54.2 Å². The first-order valence-corrected chi connectivity index (χ1v) is 13.8. The van der Waals surface area contributed by atoms with Crippen LogP contribution in [0.3, 0.4) is 0 Å². The van der Waals surface area contributed by atoms with E-state index in [0.29, 0.717) is 36.0 Å². The molecule has 0 saturated heterocycles. The molecule has 0 fully saturated rings. The fraction of sp³-hybridized carbons (Fsp3) is 0.600. The summed E-state index contributed by atoms with van der Waals surface area (Å²) in [6.07, 6.45) is 1.39. The van der Waals surface area contributed by atoms with Crippen molar-refractivity contribution >= 4 is 30.6 Å². The molecule has 0 radical (unpaired) electrons. The molecule has 0 aliphatic carbocycles. The van der Waals surface area contributed by atoms with E-state index in [1.807, 2.05) is 20.8 Å². The summed E-state index contributed by atoms with van der Waals surface area (Å²) in [5.41, 5.74) is 4.00. The van der Waals surface area contributed by atoms with Gasteiger partial charge < -0.3 is 0 Å². The molecule has 12 nitrogen and oxygen atoms in total. The molecule has 9 N–H and O–H groups in total. The Morgan fingerprint density at radius 1 is 0.500 bits per heavy atom. The van der Waals surface area contributed by atoms with Crippen molar-refractivity contribution in [3.05, 3.63) is 33.4 Å². The van der Waals surface area contributed by atoms with Crippen LogP contribution in [-0.2, 0) is 69.5 Å². The standard InChI is InChI=1S/C15H30N6O6S3/c1-4-10-13(7-19-28(16,22)23)11(5-2)15(9-21-30(18,26)27)12(6-3)14(10)8-20-29(17,24)25/h19-21H,4-9H2,1-3H3,(H2,16,22,23)(H2,17,24,25)(H2,18,26,27). The van der Waals surface area contributed by atoms with Crippen molar-refractivity contribution in [3.8, 4) is 0 Å². The van der Waals surface area contributed by atoms with Gasteiger partial charge in [0.05, 0.1) is 0 Å². The van der Waals surface area contributed by atoms with E-state index in [4.69, 9.17) is 15.4 Å². The van der Waals surface area contributed by atoms with E-state index in [9.17, 15) is 25.3 Å². The van der Waals surface area contributed by atoms with Gasteiger partial charge in [-0.05, 0) is 52.6 Å². The van der Waals surface area contributed by atoms with Gasteiger partial charge >= 0.3 is 0 Å². The van der Waals surface area contributed by atoms with Crippen molar-refractivity contribution in [1.82, 2.24) is 14.2 Å². The molecule has 0 spiro atoms. The van der Waals surface area contributed by atoms with Crippen LogP contribution in [0.25, 0.3) is 0 Å². The van der Waals surface area contributed by atoms with Crippen LogP contribution in [0.4, 0.5) is 0 Å². The van der Waals surface area contributed by atoms with Crippen molar-refractivity contribution < 1.29 is 25.3 Å². The molecule has 0 atom stereocenters. The van der Waals surface area contributed by atoms with E-state index >= 15 is 0 Å². The summed E-state index contributed by atoms with van der Waals surface area (Å²) in [6, 6.07) is 0. The third-order valence-electron chi connectivity index (χ3n) is 4.60. The molecule has 0 aliphatic rings. The molecular weight excluding hydrogens is 456 g/mol. The molecule has 0 aromatic heterocycles. The van der Waals surface area contributed by atoms with Gasteiger partial charge in [0, 0.05) is 19.6 Å². The zero-order chi connectivity index (χ0) is 23.3. The highest BCUT2D eigenvalue weighted by Gasteiger charge is 2.23. The lowest BCUT2D eigenvalue weighted by atomic mass is 9.83. The van der Waals surface area contributed by atoms with Crippen molar-refractivity contribution in [3.63, 3.8) is 0 Å². The predicted molar refractivity (Wildman–Crippen MR) is 114 cm³/mol. The minimum Gasteiger partial charge on any atom is -0.216 e. The highest BCUT2D eigenvalue weighted by atomic mass is 32.2. The Morgan fingerprint density at radius 2 is 0.700 bits per heavy atom. The van der Waals surface area contributed by atoms with E-state index < -0.39 is 30.6 Å². The van der Waals surface area contributed by atoms with E-state index in [0.717, 1.165) is 16.7 Å². The maximum Gasteiger partial charge on any atom is 0.274 e. The van der Waals surface area contributed by atoms with Crippen LogP contribution in [0, 0.1) is 0 Å². The summed E-state index contributed by atoms with van der Waals surface area (Å²) < 4.78 is 75.5. The van der Waals surface area contributed by atoms with E-state index in [-0.39, 0.29) is 19.6 Å². The second kappa shape index (κ2) is 10.4.